The predicted octanol–water partition coefficient (Wildman–Crippen LogP) is 1.77. The normalized spacial score (nSPS) is 11.7. The van der Waals surface area contributed by atoms with Crippen LogP contribution in [0.25, 0.3) is 0 Å². The van der Waals surface area contributed by atoms with E-state index in [1.54, 1.807) is 27.7 Å². The summed E-state index contributed by atoms with van der Waals surface area (Å²) in [4.78, 5) is 0. The van der Waals surface area contributed by atoms with Crippen molar-refractivity contribution < 1.29 is 10.2 Å². The van der Waals surface area contributed by atoms with Crippen molar-refractivity contribution in [2.24, 2.45) is 0 Å². The SMILES string of the molecule is CC(C)(O)C(C)(C)O.[B]c1ccc(Br)cc1. The largest absolute Gasteiger partial charge is 0.387 e. The molecule has 1 rings (SSSR count). The van der Waals surface area contributed by atoms with E-state index < -0.39 is 11.2 Å². The fraction of sp³-hybridized carbons (Fsp3) is 0.500. The molecule has 2 N–H and O–H groups in total. The van der Waals surface area contributed by atoms with Gasteiger partial charge in [0.15, 0.2) is 0 Å². The van der Waals surface area contributed by atoms with Crippen molar-refractivity contribution in [2.45, 2.75) is 38.9 Å². The maximum absolute atomic E-state index is 9.10. The molecular formula is C12H18BBrO2. The maximum atomic E-state index is 9.10. The first-order valence-electron chi connectivity index (χ1n) is 5.00. The predicted molar refractivity (Wildman–Crippen MR) is 72.1 cm³/mol. The van der Waals surface area contributed by atoms with Crippen molar-refractivity contribution in [3.05, 3.63) is 28.7 Å². The number of hydrogen-bond acceptors (Lipinski definition) is 2. The Balaban J connectivity index is 0.000000281. The van der Waals surface area contributed by atoms with E-state index in [1.807, 2.05) is 24.3 Å². The molecule has 0 saturated carbocycles. The van der Waals surface area contributed by atoms with Crippen LogP contribution in [0.5, 0.6) is 0 Å². The van der Waals surface area contributed by atoms with Gasteiger partial charge < -0.3 is 10.2 Å². The summed E-state index contributed by atoms with van der Waals surface area (Å²) in [5.41, 5.74) is -1.21. The first-order valence-corrected chi connectivity index (χ1v) is 5.79. The summed E-state index contributed by atoms with van der Waals surface area (Å²) in [6.45, 7) is 6.31. The molecule has 0 spiro atoms. The van der Waals surface area contributed by atoms with Gasteiger partial charge in [0.1, 0.15) is 7.85 Å². The molecule has 0 bridgehead atoms. The summed E-state index contributed by atoms with van der Waals surface area (Å²) in [5, 5.41) is 18.2. The van der Waals surface area contributed by atoms with E-state index in [0.717, 1.165) is 9.94 Å². The molecule has 0 aliphatic carbocycles. The van der Waals surface area contributed by atoms with Crippen LogP contribution in [0.1, 0.15) is 27.7 Å². The van der Waals surface area contributed by atoms with Crippen molar-refractivity contribution in [1.29, 1.82) is 0 Å². The van der Waals surface area contributed by atoms with Crippen molar-refractivity contribution >= 4 is 29.2 Å². The lowest BCUT2D eigenvalue weighted by Gasteiger charge is -2.31. The lowest BCUT2D eigenvalue weighted by molar-refractivity contribution is -0.107. The zero-order chi connectivity index (χ0) is 13.0. The summed E-state index contributed by atoms with van der Waals surface area (Å²) in [6, 6.07) is 7.53. The quantitative estimate of drug-likeness (QED) is 0.772. The lowest BCUT2D eigenvalue weighted by Crippen LogP contribution is -2.44. The minimum Gasteiger partial charge on any atom is -0.387 e. The minimum absolute atomic E-state index is 0.799. The summed E-state index contributed by atoms with van der Waals surface area (Å²) in [7, 11) is 5.41. The number of hydrogen-bond donors (Lipinski definition) is 2. The van der Waals surface area contributed by atoms with Gasteiger partial charge in [0.25, 0.3) is 0 Å². The van der Waals surface area contributed by atoms with E-state index in [4.69, 9.17) is 18.1 Å². The Labute approximate surface area is 107 Å². The van der Waals surface area contributed by atoms with E-state index >= 15 is 0 Å². The van der Waals surface area contributed by atoms with Crippen LogP contribution in [0, 0.1) is 0 Å². The van der Waals surface area contributed by atoms with Crippen LogP contribution < -0.4 is 5.46 Å². The topological polar surface area (TPSA) is 40.5 Å². The Morgan fingerprint density at radius 1 is 0.938 bits per heavy atom. The molecule has 2 nitrogen and oxygen atoms in total. The van der Waals surface area contributed by atoms with Gasteiger partial charge in [-0.2, -0.15) is 0 Å². The van der Waals surface area contributed by atoms with Crippen LogP contribution in [0.2, 0.25) is 0 Å². The van der Waals surface area contributed by atoms with E-state index in [2.05, 4.69) is 15.9 Å². The van der Waals surface area contributed by atoms with Crippen LogP contribution in [0.4, 0.5) is 0 Å². The molecule has 1 aromatic rings. The highest BCUT2D eigenvalue weighted by Crippen LogP contribution is 2.19. The van der Waals surface area contributed by atoms with Crippen molar-refractivity contribution in [2.75, 3.05) is 0 Å². The molecule has 0 aliphatic heterocycles. The average molecular weight is 285 g/mol. The van der Waals surface area contributed by atoms with Crippen molar-refractivity contribution in [3.8, 4) is 0 Å². The first kappa shape index (κ1) is 15.7. The minimum atomic E-state index is -1.01. The van der Waals surface area contributed by atoms with Gasteiger partial charge in [0, 0.05) is 4.47 Å². The van der Waals surface area contributed by atoms with Gasteiger partial charge in [0.05, 0.1) is 11.2 Å². The third kappa shape index (κ3) is 6.31. The lowest BCUT2D eigenvalue weighted by atomic mass is 9.90. The van der Waals surface area contributed by atoms with Crippen molar-refractivity contribution in [1.82, 2.24) is 0 Å². The van der Waals surface area contributed by atoms with Gasteiger partial charge in [-0.3, -0.25) is 0 Å². The van der Waals surface area contributed by atoms with Crippen LogP contribution >= 0.6 is 15.9 Å². The molecule has 16 heavy (non-hydrogen) atoms. The van der Waals surface area contributed by atoms with E-state index in [0.29, 0.717) is 0 Å². The highest BCUT2D eigenvalue weighted by Gasteiger charge is 2.31. The maximum Gasteiger partial charge on any atom is 0.113 e. The zero-order valence-corrected chi connectivity index (χ0v) is 11.7. The Morgan fingerprint density at radius 2 is 1.25 bits per heavy atom. The third-order valence-corrected chi connectivity index (χ3v) is 2.90. The van der Waals surface area contributed by atoms with Gasteiger partial charge in [0.2, 0.25) is 0 Å². The molecule has 0 saturated heterocycles. The molecule has 2 radical (unpaired) electrons. The Bertz CT molecular complexity index is 276. The number of rotatable bonds is 1. The first-order chi connectivity index (χ1) is 7.04. The summed E-state index contributed by atoms with van der Waals surface area (Å²) in [5.74, 6) is 0. The zero-order valence-electron chi connectivity index (χ0n) is 10.2. The fourth-order valence-electron chi connectivity index (χ4n) is 0.463. The molecule has 0 aliphatic rings. The van der Waals surface area contributed by atoms with Gasteiger partial charge >= 0.3 is 0 Å². The molecule has 88 valence electrons. The molecule has 0 heterocycles. The molecule has 0 unspecified atom stereocenters. The number of aliphatic hydroxyl groups is 2. The van der Waals surface area contributed by atoms with Crippen LogP contribution in [-0.2, 0) is 0 Å². The Kier molecular flexibility index (Phi) is 5.73. The standard InChI is InChI=1S/C6H4BBr.C6H14O2/c7-5-1-3-6(8)4-2-5;1-5(2,7)6(3,4)8/h1-4H;7-8H,1-4H3. The molecular weight excluding hydrogens is 267 g/mol. The van der Waals surface area contributed by atoms with Gasteiger partial charge in [-0.05, 0) is 39.8 Å². The van der Waals surface area contributed by atoms with Crippen molar-refractivity contribution in [3.63, 3.8) is 0 Å². The monoisotopic (exact) mass is 284 g/mol. The Morgan fingerprint density at radius 3 is 1.44 bits per heavy atom. The Hall–Kier alpha value is -0.315. The molecule has 4 heteroatoms. The van der Waals surface area contributed by atoms with Crippen LogP contribution in [-0.4, -0.2) is 29.3 Å². The summed E-state index contributed by atoms with van der Waals surface area (Å²) < 4.78 is 1.06. The highest BCUT2D eigenvalue weighted by atomic mass is 79.9. The second-order valence-electron chi connectivity index (χ2n) is 4.67. The molecule has 1 aromatic carbocycles. The fourth-order valence-corrected chi connectivity index (χ4v) is 0.727. The molecule has 0 amide bonds. The second kappa shape index (κ2) is 5.85. The van der Waals surface area contributed by atoms with Crippen LogP contribution in [0.15, 0.2) is 28.7 Å². The molecule has 0 aromatic heterocycles. The highest BCUT2D eigenvalue weighted by molar-refractivity contribution is 9.10. The summed E-state index contributed by atoms with van der Waals surface area (Å²) in [6.07, 6.45) is 0. The summed E-state index contributed by atoms with van der Waals surface area (Å²) >= 11 is 3.29. The number of halogens is 1. The molecule has 0 fully saturated rings. The third-order valence-electron chi connectivity index (χ3n) is 2.37. The number of benzene rings is 1. The average Bonchev–Trinajstić information content (AvgIpc) is 2.08. The van der Waals surface area contributed by atoms with E-state index in [1.165, 1.54) is 0 Å². The van der Waals surface area contributed by atoms with E-state index in [-0.39, 0.29) is 0 Å². The van der Waals surface area contributed by atoms with Gasteiger partial charge in [-0.25, -0.2) is 0 Å². The van der Waals surface area contributed by atoms with Gasteiger partial charge in [-0.15, -0.1) is 0 Å². The smallest absolute Gasteiger partial charge is 0.113 e. The van der Waals surface area contributed by atoms with E-state index in [9.17, 15) is 0 Å². The second-order valence-corrected chi connectivity index (χ2v) is 5.59. The van der Waals surface area contributed by atoms with Gasteiger partial charge in [-0.1, -0.05) is 33.5 Å². The molecule has 0 atom stereocenters. The van der Waals surface area contributed by atoms with Crippen LogP contribution in [0.3, 0.4) is 0 Å².